The van der Waals surface area contributed by atoms with Crippen LogP contribution in [0.5, 0.6) is 0 Å². The second-order valence-electron chi connectivity index (χ2n) is 5.64. The van der Waals surface area contributed by atoms with E-state index in [2.05, 4.69) is 5.10 Å². The highest BCUT2D eigenvalue weighted by molar-refractivity contribution is 5.65. The number of hydrogen-bond donors (Lipinski definition) is 2. The fraction of sp³-hybridized carbons (Fsp3) is 0.375. The van der Waals surface area contributed by atoms with Crippen LogP contribution in [0.1, 0.15) is 34.5 Å². The van der Waals surface area contributed by atoms with Crippen molar-refractivity contribution < 1.29 is 23.8 Å². The van der Waals surface area contributed by atoms with Crippen molar-refractivity contribution in [2.75, 3.05) is 6.54 Å². The molecule has 0 bridgehead atoms. The van der Waals surface area contributed by atoms with Crippen LogP contribution < -0.4 is 0 Å². The van der Waals surface area contributed by atoms with Gasteiger partial charge in [-0.05, 0) is 5.56 Å². The molecule has 0 aliphatic carbocycles. The number of aromatic nitrogens is 2. The molecule has 0 saturated carbocycles. The lowest BCUT2D eigenvalue weighted by Crippen LogP contribution is -2.35. The second kappa shape index (κ2) is 6.56. The lowest BCUT2D eigenvalue weighted by atomic mass is 10.0. The Hall–Kier alpha value is -2.48. The molecule has 1 aliphatic rings. The van der Waals surface area contributed by atoms with Crippen LogP contribution in [0, 0.1) is 0 Å². The summed E-state index contributed by atoms with van der Waals surface area (Å²) in [5.74, 6) is 0. The number of alkyl halides is 2. The molecule has 0 atom stereocenters. The third kappa shape index (κ3) is 2.96. The molecule has 2 aromatic rings. The van der Waals surface area contributed by atoms with E-state index in [1.165, 1.54) is 11.0 Å². The highest BCUT2D eigenvalue weighted by Crippen LogP contribution is 2.27. The van der Waals surface area contributed by atoms with Crippen molar-refractivity contribution in [2.24, 2.45) is 0 Å². The minimum atomic E-state index is -2.58. The Labute approximate surface area is 136 Å². The van der Waals surface area contributed by atoms with Gasteiger partial charge in [0.2, 0.25) is 0 Å². The van der Waals surface area contributed by atoms with Crippen molar-refractivity contribution in [1.82, 2.24) is 14.7 Å². The summed E-state index contributed by atoms with van der Waals surface area (Å²) >= 11 is 0. The summed E-state index contributed by atoms with van der Waals surface area (Å²) in [6, 6.07) is 6.26. The highest BCUT2D eigenvalue weighted by Gasteiger charge is 2.27. The molecule has 0 unspecified atom stereocenters. The predicted octanol–water partition coefficient (Wildman–Crippen LogP) is 2.40. The minimum absolute atomic E-state index is 0.0460. The first-order valence-electron chi connectivity index (χ1n) is 7.53. The summed E-state index contributed by atoms with van der Waals surface area (Å²) in [4.78, 5) is 12.4. The Morgan fingerprint density at radius 2 is 2.08 bits per heavy atom. The third-order valence-electron chi connectivity index (χ3n) is 4.25. The maximum atomic E-state index is 13.1. The van der Waals surface area contributed by atoms with Crippen molar-refractivity contribution in [3.05, 3.63) is 52.3 Å². The number of carbonyl (C=O) groups is 1. The van der Waals surface area contributed by atoms with E-state index in [1.807, 2.05) is 0 Å². The average Bonchev–Trinajstić information content (AvgIpc) is 2.92. The zero-order valence-electron chi connectivity index (χ0n) is 12.8. The first kappa shape index (κ1) is 16.4. The van der Waals surface area contributed by atoms with Gasteiger partial charge >= 0.3 is 6.09 Å². The van der Waals surface area contributed by atoms with Crippen molar-refractivity contribution in [3.63, 3.8) is 0 Å². The maximum absolute atomic E-state index is 13.1. The van der Waals surface area contributed by atoms with E-state index < -0.39 is 12.5 Å². The van der Waals surface area contributed by atoms with E-state index >= 15 is 0 Å². The van der Waals surface area contributed by atoms with Crippen LogP contribution >= 0.6 is 0 Å². The quantitative estimate of drug-likeness (QED) is 0.898. The number of rotatable bonds is 4. The zero-order valence-corrected chi connectivity index (χ0v) is 12.8. The fourth-order valence-corrected chi connectivity index (χ4v) is 3.04. The minimum Gasteiger partial charge on any atom is -0.465 e. The van der Waals surface area contributed by atoms with E-state index in [9.17, 15) is 18.7 Å². The summed E-state index contributed by atoms with van der Waals surface area (Å²) in [5, 5.41) is 22.9. The number of hydrogen-bond acceptors (Lipinski definition) is 3. The van der Waals surface area contributed by atoms with Crippen LogP contribution in [0.4, 0.5) is 13.6 Å². The Morgan fingerprint density at radius 1 is 1.33 bits per heavy atom. The summed E-state index contributed by atoms with van der Waals surface area (Å²) in [5.41, 5.74) is 2.27. The van der Waals surface area contributed by atoms with Gasteiger partial charge in [0.25, 0.3) is 6.43 Å². The average molecular weight is 337 g/mol. The number of aliphatic hydroxyl groups excluding tert-OH is 1. The molecule has 0 spiro atoms. The van der Waals surface area contributed by atoms with E-state index in [1.54, 1.807) is 22.9 Å². The number of fused-ring (bicyclic) bond motifs is 1. The maximum Gasteiger partial charge on any atom is 0.407 e. The first-order chi connectivity index (χ1) is 11.5. The normalized spacial score (nSPS) is 14.1. The van der Waals surface area contributed by atoms with Crippen LogP contribution in [-0.2, 0) is 26.1 Å². The molecular weight excluding hydrogens is 320 g/mol. The van der Waals surface area contributed by atoms with Crippen LogP contribution in [0.25, 0.3) is 0 Å². The molecule has 128 valence electrons. The van der Waals surface area contributed by atoms with Gasteiger partial charge in [0.1, 0.15) is 0 Å². The Kier molecular flexibility index (Phi) is 4.48. The molecule has 24 heavy (non-hydrogen) atoms. The van der Waals surface area contributed by atoms with E-state index in [0.717, 1.165) is 5.69 Å². The standard InChI is InChI=1S/C16H17F2N3O3/c17-15(18)11-4-2-1-3-10(11)7-21-14-5-6-20(16(23)24)8-12(14)13(9-22)19-21/h1-4,15,22H,5-9H2,(H,23,24). The van der Waals surface area contributed by atoms with Crippen LogP contribution in [0.15, 0.2) is 24.3 Å². The summed E-state index contributed by atoms with van der Waals surface area (Å²) < 4.78 is 27.9. The molecule has 1 aromatic heterocycles. The monoisotopic (exact) mass is 337 g/mol. The SMILES string of the molecule is O=C(O)N1CCc2c(c(CO)nn2Cc2ccccc2C(F)F)C1. The number of carboxylic acid groups (broad SMARTS) is 1. The third-order valence-corrected chi connectivity index (χ3v) is 4.25. The first-order valence-corrected chi connectivity index (χ1v) is 7.53. The van der Waals surface area contributed by atoms with Gasteiger partial charge in [-0.3, -0.25) is 4.68 Å². The molecule has 1 amide bonds. The number of benzene rings is 1. The molecule has 6 nitrogen and oxygen atoms in total. The van der Waals surface area contributed by atoms with Gasteiger partial charge in [0.05, 0.1) is 25.4 Å². The second-order valence-corrected chi connectivity index (χ2v) is 5.64. The molecule has 0 fully saturated rings. The van der Waals surface area contributed by atoms with Crippen molar-refractivity contribution >= 4 is 6.09 Å². The van der Waals surface area contributed by atoms with Gasteiger partial charge in [-0.2, -0.15) is 5.10 Å². The fourth-order valence-electron chi connectivity index (χ4n) is 3.04. The molecule has 1 aliphatic heterocycles. The van der Waals surface area contributed by atoms with Gasteiger partial charge in [-0.1, -0.05) is 24.3 Å². The van der Waals surface area contributed by atoms with E-state index in [4.69, 9.17) is 5.11 Å². The summed E-state index contributed by atoms with van der Waals surface area (Å²) in [6.07, 6.45) is -3.17. The molecule has 1 aromatic carbocycles. The van der Waals surface area contributed by atoms with Gasteiger partial charge in [-0.25, -0.2) is 13.6 Å². The smallest absolute Gasteiger partial charge is 0.407 e. The van der Waals surface area contributed by atoms with Crippen LogP contribution in [0.3, 0.4) is 0 Å². The highest BCUT2D eigenvalue weighted by atomic mass is 19.3. The van der Waals surface area contributed by atoms with Gasteiger partial charge in [0, 0.05) is 29.8 Å². The van der Waals surface area contributed by atoms with Gasteiger partial charge < -0.3 is 15.1 Å². The lowest BCUT2D eigenvalue weighted by Gasteiger charge is -2.25. The molecule has 2 heterocycles. The zero-order chi connectivity index (χ0) is 17.3. The van der Waals surface area contributed by atoms with Gasteiger partial charge in [-0.15, -0.1) is 0 Å². The van der Waals surface area contributed by atoms with Crippen LogP contribution in [-0.4, -0.2) is 37.5 Å². The summed E-state index contributed by atoms with van der Waals surface area (Å²) in [6.45, 7) is 0.307. The van der Waals surface area contributed by atoms with E-state index in [0.29, 0.717) is 29.8 Å². The van der Waals surface area contributed by atoms with Crippen molar-refractivity contribution in [3.8, 4) is 0 Å². The molecule has 2 N–H and O–H groups in total. The van der Waals surface area contributed by atoms with Crippen molar-refractivity contribution in [1.29, 1.82) is 0 Å². The van der Waals surface area contributed by atoms with Gasteiger partial charge in [0.15, 0.2) is 0 Å². The Bertz CT molecular complexity index is 761. The number of amides is 1. The molecule has 8 heteroatoms. The van der Waals surface area contributed by atoms with Crippen LogP contribution in [0.2, 0.25) is 0 Å². The molecule has 3 rings (SSSR count). The largest absolute Gasteiger partial charge is 0.465 e. The molecule has 0 radical (unpaired) electrons. The lowest BCUT2D eigenvalue weighted by molar-refractivity contribution is 0.139. The predicted molar refractivity (Wildman–Crippen MR) is 80.8 cm³/mol. The molecular formula is C16H17F2N3O3. The molecule has 0 saturated heterocycles. The Balaban J connectivity index is 1.95. The topological polar surface area (TPSA) is 78.6 Å². The van der Waals surface area contributed by atoms with E-state index in [-0.39, 0.29) is 25.3 Å². The Morgan fingerprint density at radius 3 is 2.75 bits per heavy atom. The number of nitrogens with zero attached hydrogens (tertiary/aromatic N) is 3. The summed E-state index contributed by atoms with van der Waals surface area (Å²) in [7, 11) is 0. The number of halogens is 2. The number of aliphatic hydroxyl groups is 1. The van der Waals surface area contributed by atoms with Crippen molar-refractivity contribution in [2.45, 2.75) is 32.5 Å².